The number of amidine groups is 1. The molecule has 0 aromatic carbocycles. The molecule has 2 aliphatic heterocycles. The van der Waals surface area contributed by atoms with E-state index in [1.807, 2.05) is 24.0 Å². The van der Waals surface area contributed by atoms with E-state index < -0.39 is 0 Å². The number of aliphatic imine (C=N–C) groups is 1. The Balaban J connectivity index is 1.82. The molecule has 1 saturated heterocycles. The first-order valence-electron chi connectivity index (χ1n) is 8.80. The van der Waals surface area contributed by atoms with Gasteiger partial charge in [-0.05, 0) is 44.5 Å². The van der Waals surface area contributed by atoms with Gasteiger partial charge in [-0.1, -0.05) is 24.8 Å². The van der Waals surface area contributed by atoms with E-state index in [4.69, 9.17) is 4.99 Å². The lowest BCUT2D eigenvalue weighted by atomic mass is 9.99. The third-order valence-electron chi connectivity index (χ3n) is 5.18. The zero-order valence-corrected chi connectivity index (χ0v) is 15.3. The topological polar surface area (TPSA) is 33.4 Å². The van der Waals surface area contributed by atoms with Crippen LogP contribution in [0.2, 0.25) is 0 Å². The van der Waals surface area contributed by atoms with Crippen molar-refractivity contribution in [1.29, 1.82) is 0 Å². The highest BCUT2D eigenvalue weighted by atomic mass is 32.2. The van der Waals surface area contributed by atoms with Crippen molar-refractivity contribution in [1.82, 2.24) is 14.5 Å². The number of pyridine rings is 1. The molecule has 0 radical (unpaired) electrons. The summed E-state index contributed by atoms with van der Waals surface area (Å²) in [6.45, 7) is 7.69. The number of nitrogens with zero attached hydrogens (tertiary/aromatic N) is 4. The second-order valence-electron chi connectivity index (χ2n) is 6.48. The van der Waals surface area contributed by atoms with Gasteiger partial charge in [-0.3, -0.25) is 9.98 Å². The van der Waals surface area contributed by atoms with Crippen LogP contribution in [0.25, 0.3) is 0 Å². The van der Waals surface area contributed by atoms with Crippen LogP contribution in [-0.2, 0) is 6.54 Å². The number of hydrogen-bond donors (Lipinski definition) is 0. The minimum Gasteiger partial charge on any atom is -0.347 e. The zero-order chi connectivity index (χ0) is 16.7. The molecule has 3 atom stereocenters. The zero-order valence-electron chi connectivity index (χ0n) is 14.5. The standard InChI is InChI=1S/C19H24N4S/c1-4-14-12-24-19-21-17(15-8-6-7-11-20-15)18(23(14)19)16-10-9-13(3)22(16)5-2/h6-11,14,17-18H,4-5,12H2,1-3H3/t14-,17+,18-/m1/s1. The van der Waals surface area contributed by atoms with E-state index in [1.54, 1.807) is 0 Å². The van der Waals surface area contributed by atoms with Gasteiger partial charge in [0.25, 0.3) is 0 Å². The molecule has 2 aromatic heterocycles. The van der Waals surface area contributed by atoms with Gasteiger partial charge in [-0.2, -0.15) is 0 Å². The molecule has 0 spiro atoms. The van der Waals surface area contributed by atoms with Crippen LogP contribution in [-0.4, -0.2) is 31.4 Å². The number of hydrogen-bond acceptors (Lipinski definition) is 4. The van der Waals surface area contributed by atoms with Crippen LogP contribution in [0.15, 0.2) is 41.5 Å². The predicted molar refractivity (Wildman–Crippen MR) is 100 cm³/mol. The summed E-state index contributed by atoms with van der Waals surface area (Å²) in [5, 5.41) is 1.20. The molecular weight excluding hydrogens is 316 g/mol. The van der Waals surface area contributed by atoms with Gasteiger partial charge >= 0.3 is 0 Å². The molecule has 5 heteroatoms. The van der Waals surface area contributed by atoms with E-state index in [-0.39, 0.29) is 12.1 Å². The summed E-state index contributed by atoms with van der Waals surface area (Å²) >= 11 is 1.90. The van der Waals surface area contributed by atoms with Crippen LogP contribution in [0.3, 0.4) is 0 Å². The van der Waals surface area contributed by atoms with Crippen molar-refractivity contribution in [3.63, 3.8) is 0 Å². The molecule has 126 valence electrons. The van der Waals surface area contributed by atoms with Crippen molar-refractivity contribution in [3.8, 4) is 0 Å². The summed E-state index contributed by atoms with van der Waals surface area (Å²) in [6.07, 6.45) is 3.04. The molecule has 0 amide bonds. The lowest BCUT2D eigenvalue weighted by molar-refractivity contribution is 0.245. The quantitative estimate of drug-likeness (QED) is 0.837. The van der Waals surface area contributed by atoms with E-state index >= 15 is 0 Å². The molecule has 0 aliphatic carbocycles. The Hall–Kier alpha value is -1.75. The highest BCUT2D eigenvalue weighted by molar-refractivity contribution is 8.14. The molecule has 0 unspecified atom stereocenters. The van der Waals surface area contributed by atoms with Crippen molar-refractivity contribution in [2.24, 2.45) is 4.99 Å². The van der Waals surface area contributed by atoms with Gasteiger partial charge in [0, 0.05) is 35.9 Å². The normalized spacial score (nSPS) is 25.9. The molecule has 2 aromatic rings. The van der Waals surface area contributed by atoms with Crippen molar-refractivity contribution >= 4 is 16.9 Å². The molecule has 0 saturated carbocycles. The van der Waals surface area contributed by atoms with Gasteiger partial charge in [0.1, 0.15) is 6.04 Å². The summed E-state index contributed by atoms with van der Waals surface area (Å²) in [6, 6.07) is 11.6. The average molecular weight is 340 g/mol. The number of fused-ring (bicyclic) bond motifs is 1. The smallest absolute Gasteiger partial charge is 0.160 e. The van der Waals surface area contributed by atoms with Crippen molar-refractivity contribution in [2.75, 3.05) is 5.75 Å². The molecule has 4 nitrogen and oxygen atoms in total. The van der Waals surface area contributed by atoms with E-state index in [1.165, 1.54) is 16.6 Å². The lowest BCUT2D eigenvalue weighted by Crippen LogP contribution is -2.36. The summed E-state index contributed by atoms with van der Waals surface area (Å²) in [5.74, 6) is 1.15. The van der Waals surface area contributed by atoms with Crippen molar-refractivity contribution in [3.05, 3.63) is 53.6 Å². The molecule has 0 bridgehead atoms. The summed E-state index contributed by atoms with van der Waals surface area (Å²) < 4.78 is 2.43. The van der Waals surface area contributed by atoms with Gasteiger partial charge in [0.2, 0.25) is 0 Å². The van der Waals surface area contributed by atoms with Gasteiger partial charge in [0.15, 0.2) is 5.17 Å². The first kappa shape index (κ1) is 15.8. The van der Waals surface area contributed by atoms with Crippen molar-refractivity contribution in [2.45, 2.75) is 51.9 Å². The molecule has 4 heterocycles. The Labute approximate surface area is 148 Å². The number of aromatic nitrogens is 2. The van der Waals surface area contributed by atoms with E-state index in [0.29, 0.717) is 6.04 Å². The van der Waals surface area contributed by atoms with Gasteiger partial charge in [-0.15, -0.1) is 0 Å². The Bertz CT molecular complexity index is 752. The summed E-state index contributed by atoms with van der Waals surface area (Å²) in [5.41, 5.74) is 3.76. The Morgan fingerprint density at radius 3 is 2.79 bits per heavy atom. The molecule has 24 heavy (non-hydrogen) atoms. The Kier molecular flexibility index (Phi) is 4.12. The van der Waals surface area contributed by atoms with Gasteiger partial charge in [-0.25, -0.2) is 0 Å². The molecule has 0 N–H and O–H groups in total. The number of thioether (sulfide) groups is 1. The lowest BCUT2D eigenvalue weighted by Gasteiger charge is -2.32. The second kappa shape index (κ2) is 6.28. The van der Waals surface area contributed by atoms with Crippen molar-refractivity contribution < 1.29 is 0 Å². The fourth-order valence-corrected chi connectivity index (χ4v) is 5.29. The largest absolute Gasteiger partial charge is 0.347 e. The van der Waals surface area contributed by atoms with Crippen LogP contribution in [0.1, 0.15) is 49.4 Å². The SMILES string of the molecule is CC[C@@H]1CSC2=N[C@@H](c3ccccn3)[C@@H](c3ccc(C)n3CC)N21. The second-order valence-corrected chi connectivity index (χ2v) is 7.47. The fraction of sp³-hybridized carbons (Fsp3) is 0.474. The summed E-state index contributed by atoms with van der Waals surface area (Å²) in [4.78, 5) is 12.3. The average Bonchev–Trinajstić information content (AvgIpc) is 3.28. The van der Waals surface area contributed by atoms with E-state index in [0.717, 1.165) is 24.4 Å². The number of rotatable bonds is 4. The maximum atomic E-state index is 5.09. The minimum absolute atomic E-state index is 0.0858. The highest BCUT2D eigenvalue weighted by Gasteiger charge is 2.46. The molecule has 4 rings (SSSR count). The molecular formula is C19H24N4S. The first-order valence-corrected chi connectivity index (χ1v) is 9.79. The third-order valence-corrected chi connectivity index (χ3v) is 6.31. The van der Waals surface area contributed by atoms with Crippen LogP contribution in [0, 0.1) is 6.92 Å². The monoisotopic (exact) mass is 340 g/mol. The maximum absolute atomic E-state index is 5.09. The highest BCUT2D eigenvalue weighted by Crippen LogP contribution is 2.48. The van der Waals surface area contributed by atoms with Crippen LogP contribution in [0.5, 0.6) is 0 Å². The summed E-state index contributed by atoms with van der Waals surface area (Å²) in [7, 11) is 0. The Morgan fingerprint density at radius 1 is 1.21 bits per heavy atom. The van der Waals surface area contributed by atoms with Gasteiger partial charge < -0.3 is 9.47 Å². The van der Waals surface area contributed by atoms with E-state index in [9.17, 15) is 0 Å². The minimum atomic E-state index is 0.0858. The number of aryl methyl sites for hydroxylation is 1. The van der Waals surface area contributed by atoms with Crippen LogP contribution in [0.4, 0.5) is 0 Å². The molecule has 1 fully saturated rings. The first-order chi connectivity index (χ1) is 11.7. The fourth-order valence-electron chi connectivity index (χ4n) is 3.95. The van der Waals surface area contributed by atoms with E-state index in [2.05, 4.69) is 59.5 Å². The Morgan fingerprint density at radius 2 is 2.08 bits per heavy atom. The van der Waals surface area contributed by atoms with Gasteiger partial charge in [0.05, 0.1) is 11.7 Å². The van der Waals surface area contributed by atoms with Crippen LogP contribution < -0.4 is 0 Å². The van der Waals surface area contributed by atoms with Crippen LogP contribution >= 0.6 is 11.8 Å². The predicted octanol–water partition coefficient (Wildman–Crippen LogP) is 4.19. The molecule has 2 aliphatic rings. The third kappa shape index (κ3) is 2.37. The maximum Gasteiger partial charge on any atom is 0.160 e.